The van der Waals surface area contributed by atoms with Crippen LogP contribution in [0.2, 0.25) is 0 Å². The van der Waals surface area contributed by atoms with Crippen molar-refractivity contribution >= 4 is 23.8 Å². The number of hydrogen-bond acceptors (Lipinski definition) is 3. The van der Waals surface area contributed by atoms with Crippen LogP contribution < -0.4 is 16.0 Å². The lowest BCUT2D eigenvalue weighted by molar-refractivity contribution is -0.116. The highest BCUT2D eigenvalue weighted by Crippen LogP contribution is 2.06. The number of carbonyl (C=O) groups is 3. The summed E-state index contributed by atoms with van der Waals surface area (Å²) >= 11 is 0. The molecule has 0 spiro atoms. The Morgan fingerprint density at radius 2 is 1.42 bits per heavy atom. The number of carbonyl (C=O) groups excluding carboxylic acids is 3. The molecule has 0 radical (unpaired) electrons. The van der Waals surface area contributed by atoms with E-state index in [0.717, 1.165) is 5.56 Å². The van der Waals surface area contributed by atoms with Crippen LogP contribution in [0.25, 0.3) is 6.08 Å². The molecule has 0 unspecified atom stereocenters. The molecule has 134 valence electrons. The van der Waals surface area contributed by atoms with Gasteiger partial charge in [0.2, 0.25) is 5.91 Å². The third-order valence-corrected chi connectivity index (χ3v) is 3.57. The first kappa shape index (κ1) is 18.9. The zero-order valence-electron chi connectivity index (χ0n) is 14.5. The fraction of sp³-hybridized carbons (Fsp3) is 0.150. The minimum absolute atomic E-state index is 0.157. The Balaban J connectivity index is 1.72. The van der Waals surface area contributed by atoms with E-state index in [1.807, 2.05) is 6.07 Å². The summed E-state index contributed by atoms with van der Waals surface area (Å²) in [6.45, 7) is 0.672. The summed E-state index contributed by atoms with van der Waals surface area (Å²) in [5, 5.41) is 7.98. The van der Waals surface area contributed by atoms with Gasteiger partial charge >= 0.3 is 0 Å². The molecule has 2 aromatic carbocycles. The maximum atomic E-state index is 11.8. The van der Waals surface area contributed by atoms with Crippen molar-refractivity contribution in [2.24, 2.45) is 0 Å². The van der Waals surface area contributed by atoms with Gasteiger partial charge in [-0.25, -0.2) is 0 Å². The summed E-state index contributed by atoms with van der Waals surface area (Å²) in [7, 11) is 1.57. The van der Waals surface area contributed by atoms with E-state index in [9.17, 15) is 14.4 Å². The quantitative estimate of drug-likeness (QED) is 0.523. The van der Waals surface area contributed by atoms with Gasteiger partial charge in [-0.1, -0.05) is 30.3 Å². The molecule has 0 bridgehead atoms. The van der Waals surface area contributed by atoms with Crippen molar-refractivity contribution in [3.8, 4) is 0 Å². The van der Waals surface area contributed by atoms with E-state index in [-0.39, 0.29) is 17.7 Å². The molecule has 2 rings (SSSR count). The van der Waals surface area contributed by atoms with Crippen LogP contribution in [-0.2, 0) is 4.79 Å². The first-order chi connectivity index (χ1) is 12.6. The first-order valence-electron chi connectivity index (χ1n) is 8.21. The lowest BCUT2D eigenvalue weighted by Gasteiger charge is -2.05. The molecular weight excluding hydrogens is 330 g/mol. The zero-order valence-corrected chi connectivity index (χ0v) is 14.5. The highest BCUT2D eigenvalue weighted by molar-refractivity contribution is 5.95. The molecule has 0 aliphatic carbocycles. The Bertz CT molecular complexity index is 784. The highest BCUT2D eigenvalue weighted by atomic mass is 16.2. The third-order valence-electron chi connectivity index (χ3n) is 3.57. The van der Waals surface area contributed by atoms with Gasteiger partial charge in [0.25, 0.3) is 11.8 Å². The number of amides is 3. The lowest BCUT2D eigenvalue weighted by Crippen LogP contribution is -2.33. The zero-order chi connectivity index (χ0) is 18.8. The van der Waals surface area contributed by atoms with Gasteiger partial charge in [0, 0.05) is 37.3 Å². The molecule has 6 heteroatoms. The molecule has 0 aliphatic rings. The van der Waals surface area contributed by atoms with Crippen LogP contribution >= 0.6 is 0 Å². The SMILES string of the molecule is CNC(=O)c1ccc(/C=C/C(=O)NCCNC(=O)c2ccccc2)cc1. The summed E-state index contributed by atoms with van der Waals surface area (Å²) in [6.07, 6.45) is 3.07. The Morgan fingerprint density at radius 1 is 0.808 bits per heavy atom. The van der Waals surface area contributed by atoms with Crippen molar-refractivity contribution in [1.29, 1.82) is 0 Å². The predicted molar refractivity (Wildman–Crippen MR) is 101 cm³/mol. The number of rotatable bonds is 7. The molecular formula is C20H21N3O3. The minimum atomic E-state index is -0.255. The summed E-state index contributed by atoms with van der Waals surface area (Å²) in [5.41, 5.74) is 1.95. The molecule has 0 aliphatic heterocycles. The Morgan fingerprint density at radius 3 is 2.08 bits per heavy atom. The van der Waals surface area contributed by atoms with Gasteiger partial charge in [-0.3, -0.25) is 14.4 Å². The van der Waals surface area contributed by atoms with E-state index in [0.29, 0.717) is 24.2 Å². The molecule has 0 atom stereocenters. The lowest BCUT2D eigenvalue weighted by atomic mass is 10.1. The van der Waals surface area contributed by atoms with Crippen LogP contribution in [0.15, 0.2) is 60.7 Å². The third kappa shape index (κ3) is 5.90. The fourth-order valence-corrected chi connectivity index (χ4v) is 2.17. The van der Waals surface area contributed by atoms with Crippen LogP contribution in [0.1, 0.15) is 26.3 Å². The number of benzene rings is 2. The highest BCUT2D eigenvalue weighted by Gasteiger charge is 2.03. The van der Waals surface area contributed by atoms with E-state index >= 15 is 0 Å². The van der Waals surface area contributed by atoms with Crippen molar-refractivity contribution in [3.63, 3.8) is 0 Å². The van der Waals surface area contributed by atoms with Crippen molar-refractivity contribution in [1.82, 2.24) is 16.0 Å². The minimum Gasteiger partial charge on any atom is -0.355 e. The van der Waals surface area contributed by atoms with E-state index in [2.05, 4.69) is 16.0 Å². The second-order valence-electron chi connectivity index (χ2n) is 5.45. The smallest absolute Gasteiger partial charge is 0.251 e. The molecule has 0 aromatic heterocycles. The van der Waals surface area contributed by atoms with Crippen LogP contribution in [0.4, 0.5) is 0 Å². The maximum absolute atomic E-state index is 11.8. The average Bonchev–Trinajstić information content (AvgIpc) is 2.70. The molecule has 0 heterocycles. The van der Waals surface area contributed by atoms with Crippen LogP contribution in [0.5, 0.6) is 0 Å². The molecule has 0 fully saturated rings. The number of nitrogens with one attached hydrogen (secondary N) is 3. The topological polar surface area (TPSA) is 87.3 Å². The van der Waals surface area contributed by atoms with Gasteiger partial charge in [-0.2, -0.15) is 0 Å². The van der Waals surface area contributed by atoms with E-state index in [1.165, 1.54) is 6.08 Å². The predicted octanol–water partition coefficient (Wildman–Crippen LogP) is 1.61. The Kier molecular flexibility index (Phi) is 7.12. The molecule has 0 saturated carbocycles. The van der Waals surface area contributed by atoms with Gasteiger partial charge in [-0.05, 0) is 35.9 Å². The molecule has 6 nitrogen and oxygen atoms in total. The Labute approximate surface area is 152 Å². The van der Waals surface area contributed by atoms with Gasteiger partial charge < -0.3 is 16.0 Å². The first-order valence-corrected chi connectivity index (χ1v) is 8.21. The molecule has 3 N–H and O–H groups in total. The van der Waals surface area contributed by atoms with Crippen molar-refractivity contribution in [3.05, 3.63) is 77.4 Å². The standard InChI is InChI=1S/C20H21N3O3/c1-21-19(25)17-10-7-15(8-11-17)9-12-18(24)22-13-14-23-20(26)16-5-3-2-4-6-16/h2-12H,13-14H2,1H3,(H,21,25)(H,22,24)(H,23,26)/b12-9+. The van der Waals surface area contributed by atoms with Gasteiger partial charge in [0.05, 0.1) is 0 Å². The summed E-state index contributed by atoms with van der Waals surface area (Å²) in [4.78, 5) is 35.1. The normalized spacial score (nSPS) is 10.3. The fourth-order valence-electron chi connectivity index (χ4n) is 2.17. The summed E-state index contributed by atoms with van der Waals surface area (Å²) in [6, 6.07) is 15.8. The van der Waals surface area contributed by atoms with Crippen molar-refractivity contribution in [2.45, 2.75) is 0 Å². The van der Waals surface area contributed by atoms with E-state index in [1.54, 1.807) is 61.7 Å². The van der Waals surface area contributed by atoms with Crippen LogP contribution in [0.3, 0.4) is 0 Å². The molecule has 26 heavy (non-hydrogen) atoms. The summed E-state index contributed by atoms with van der Waals surface area (Å²) < 4.78 is 0. The molecule has 2 aromatic rings. The van der Waals surface area contributed by atoms with Gasteiger partial charge in [0.1, 0.15) is 0 Å². The maximum Gasteiger partial charge on any atom is 0.251 e. The van der Waals surface area contributed by atoms with Gasteiger partial charge in [-0.15, -0.1) is 0 Å². The monoisotopic (exact) mass is 351 g/mol. The second kappa shape index (κ2) is 9.78. The summed E-state index contributed by atoms with van der Waals surface area (Å²) in [5.74, 6) is -0.586. The second-order valence-corrected chi connectivity index (χ2v) is 5.45. The van der Waals surface area contributed by atoms with Crippen molar-refractivity contribution in [2.75, 3.05) is 20.1 Å². The van der Waals surface area contributed by atoms with E-state index in [4.69, 9.17) is 0 Å². The number of hydrogen-bond donors (Lipinski definition) is 3. The van der Waals surface area contributed by atoms with Crippen LogP contribution in [-0.4, -0.2) is 37.9 Å². The van der Waals surface area contributed by atoms with Crippen LogP contribution in [0, 0.1) is 0 Å². The molecule has 3 amide bonds. The molecule has 0 saturated heterocycles. The van der Waals surface area contributed by atoms with Crippen molar-refractivity contribution < 1.29 is 14.4 Å². The Hall–Kier alpha value is -3.41. The van der Waals surface area contributed by atoms with Gasteiger partial charge in [0.15, 0.2) is 0 Å². The average molecular weight is 351 g/mol. The largest absolute Gasteiger partial charge is 0.355 e. The van der Waals surface area contributed by atoms with E-state index < -0.39 is 0 Å².